The first kappa shape index (κ1) is 21.4. The highest BCUT2D eigenvalue weighted by Crippen LogP contribution is 2.26. The lowest BCUT2D eigenvalue weighted by Crippen LogP contribution is -2.45. The first-order valence-corrected chi connectivity index (χ1v) is 11.6. The van der Waals surface area contributed by atoms with Crippen LogP contribution in [0.3, 0.4) is 0 Å². The Bertz CT molecular complexity index is 931. The fraction of sp³-hybridized carbons (Fsp3) is 0.435. The van der Waals surface area contributed by atoms with Crippen molar-refractivity contribution in [3.8, 4) is 0 Å². The fourth-order valence-corrected chi connectivity index (χ4v) is 5.18. The number of rotatable bonds is 6. The molecule has 1 aliphatic carbocycles. The molecule has 1 aliphatic rings. The number of hydrogen-bond donors (Lipinski definition) is 0. The summed E-state index contributed by atoms with van der Waals surface area (Å²) in [7, 11) is -2.06. The molecule has 29 heavy (non-hydrogen) atoms. The third-order valence-electron chi connectivity index (χ3n) is 5.73. The number of aryl methyl sites for hydroxylation is 2. The Kier molecular flexibility index (Phi) is 6.63. The van der Waals surface area contributed by atoms with Crippen LogP contribution in [0.4, 0.5) is 5.69 Å². The zero-order valence-corrected chi connectivity index (χ0v) is 18.3. The van der Waals surface area contributed by atoms with Gasteiger partial charge in [0.1, 0.15) is 6.54 Å². The minimum absolute atomic E-state index is 0.173. The summed E-state index contributed by atoms with van der Waals surface area (Å²) in [4.78, 5) is 15.0. The van der Waals surface area contributed by atoms with E-state index in [-0.39, 0.29) is 23.4 Å². The zero-order chi connectivity index (χ0) is 21.0. The number of amides is 1. The highest BCUT2D eigenvalue weighted by molar-refractivity contribution is 7.92. The van der Waals surface area contributed by atoms with Gasteiger partial charge in [0.05, 0.1) is 10.6 Å². The third-order valence-corrected chi connectivity index (χ3v) is 7.51. The van der Waals surface area contributed by atoms with Gasteiger partial charge in [-0.1, -0.05) is 54.7 Å². The van der Waals surface area contributed by atoms with Gasteiger partial charge < -0.3 is 4.90 Å². The molecule has 1 amide bonds. The van der Waals surface area contributed by atoms with Crippen molar-refractivity contribution in [2.45, 2.75) is 56.9 Å². The maximum Gasteiger partial charge on any atom is 0.264 e. The van der Waals surface area contributed by atoms with Crippen LogP contribution in [-0.2, 0) is 14.8 Å². The number of nitrogens with zero attached hydrogens (tertiary/aromatic N) is 2. The Labute approximate surface area is 174 Å². The number of anilines is 1. The highest BCUT2D eigenvalue weighted by Gasteiger charge is 2.30. The van der Waals surface area contributed by atoms with E-state index >= 15 is 0 Å². The van der Waals surface area contributed by atoms with Crippen LogP contribution in [0.1, 0.15) is 43.2 Å². The zero-order valence-electron chi connectivity index (χ0n) is 17.5. The molecule has 0 N–H and O–H groups in total. The maximum absolute atomic E-state index is 13.4. The average Bonchev–Trinajstić information content (AvgIpc) is 2.73. The van der Waals surface area contributed by atoms with E-state index in [1.165, 1.54) is 10.7 Å². The molecule has 1 fully saturated rings. The predicted octanol–water partition coefficient (Wildman–Crippen LogP) is 4.29. The van der Waals surface area contributed by atoms with Crippen LogP contribution in [0, 0.1) is 13.8 Å². The summed E-state index contributed by atoms with van der Waals surface area (Å²) in [5, 5.41) is 0. The molecule has 0 aromatic heterocycles. The number of benzene rings is 2. The van der Waals surface area contributed by atoms with Gasteiger partial charge in [-0.15, -0.1) is 0 Å². The molecule has 156 valence electrons. The van der Waals surface area contributed by atoms with Crippen molar-refractivity contribution < 1.29 is 13.2 Å². The molecule has 6 heteroatoms. The van der Waals surface area contributed by atoms with E-state index in [9.17, 15) is 13.2 Å². The van der Waals surface area contributed by atoms with Gasteiger partial charge in [-0.2, -0.15) is 0 Å². The van der Waals surface area contributed by atoms with Gasteiger partial charge in [0.15, 0.2) is 0 Å². The van der Waals surface area contributed by atoms with Gasteiger partial charge in [-0.3, -0.25) is 9.10 Å². The van der Waals surface area contributed by atoms with Crippen molar-refractivity contribution in [1.82, 2.24) is 4.90 Å². The quantitative estimate of drug-likeness (QED) is 0.708. The molecule has 1 saturated carbocycles. The molecule has 5 nitrogen and oxygen atoms in total. The molecule has 0 aliphatic heterocycles. The first-order chi connectivity index (χ1) is 13.8. The summed E-state index contributed by atoms with van der Waals surface area (Å²) in [6.45, 7) is 3.66. The average molecular weight is 415 g/mol. The molecule has 0 bridgehead atoms. The minimum atomic E-state index is -3.86. The van der Waals surface area contributed by atoms with E-state index in [0.717, 1.165) is 36.8 Å². The van der Waals surface area contributed by atoms with Crippen LogP contribution in [-0.4, -0.2) is 38.9 Å². The summed E-state index contributed by atoms with van der Waals surface area (Å²) in [5.74, 6) is -0.173. The van der Waals surface area contributed by atoms with E-state index < -0.39 is 10.0 Å². The Hall–Kier alpha value is -2.34. The SMILES string of the molecule is Cc1ccc(N(CC(=O)N(C)C2CCCCC2)S(=O)(=O)c2ccc(C)cc2)cc1. The molecular weight excluding hydrogens is 384 g/mol. The molecule has 2 aromatic carbocycles. The van der Waals surface area contributed by atoms with Crippen molar-refractivity contribution in [3.05, 3.63) is 59.7 Å². The number of carbonyl (C=O) groups is 1. The van der Waals surface area contributed by atoms with Crippen LogP contribution in [0.2, 0.25) is 0 Å². The van der Waals surface area contributed by atoms with Gasteiger partial charge in [-0.25, -0.2) is 8.42 Å². The predicted molar refractivity (Wildman–Crippen MR) is 117 cm³/mol. The monoisotopic (exact) mass is 414 g/mol. The lowest BCUT2D eigenvalue weighted by atomic mass is 9.94. The van der Waals surface area contributed by atoms with Crippen LogP contribution < -0.4 is 4.31 Å². The largest absolute Gasteiger partial charge is 0.341 e. The summed E-state index contributed by atoms with van der Waals surface area (Å²) in [6.07, 6.45) is 5.40. The van der Waals surface area contributed by atoms with Gasteiger partial charge >= 0.3 is 0 Å². The van der Waals surface area contributed by atoms with Crippen LogP contribution in [0.15, 0.2) is 53.4 Å². The first-order valence-electron chi connectivity index (χ1n) is 10.2. The van der Waals surface area contributed by atoms with E-state index in [1.54, 1.807) is 48.3 Å². The Morgan fingerprint density at radius 2 is 1.41 bits per heavy atom. The van der Waals surface area contributed by atoms with Crippen molar-refractivity contribution in [3.63, 3.8) is 0 Å². The molecule has 0 spiro atoms. The fourth-order valence-electron chi connectivity index (χ4n) is 3.77. The molecule has 3 rings (SSSR count). The lowest BCUT2D eigenvalue weighted by Gasteiger charge is -2.33. The molecule has 0 atom stereocenters. The van der Waals surface area contributed by atoms with Crippen LogP contribution in [0.25, 0.3) is 0 Å². The van der Waals surface area contributed by atoms with Gasteiger partial charge in [0, 0.05) is 13.1 Å². The number of likely N-dealkylation sites (N-methyl/N-ethyl adjacent to an activating group) is 1. The number of hydrogen-bond acceptors (Lipinski definition) is 3. The molecule has 0 heterocycles. The number of carbonyl (C=O) groups excluding carboxylic acids is 1. The second-order valence-electron chi connectivity index (χ2n) is 7.96. The second-order valence-corrected chi connectivity index (χ2v) is 9.82. The van der Waals surface area contributed by atoms with Gasteiger partial charge in [0.2, 0.25) is 5.91 Å². The maximum atomic E-state index is 13.4. The summed E-state index contributed by atoms with van der Waals surface area (Å²) < 4.78 is 28.1. The van der Waals surface area contributed by atoms with Crippen LogP contribution >= 0.6 is 0 Å². The second kappa shape index (κ2) is 8.99. The van der Waals surface area contributed by atoms with E-state index in [0.29, 0.717) is 5.69 Å². The Balaban J connectivity index is 1.91. The minimum Gasteiger partial charge on any atom is -0.341 e. The molecule has 0 saturated heterocycles. The topological polar surface area (TPSA) is 57.7 Å². The summed E-state index contributed by atoms with van der Waals surface area (Å²) >= 11 is 0. The van der Waals surface area contributed by atoms with Crippen LogP contribution in [0.5, 0.6) is 0 Å². The van der Waals surface area contributed by atoms with Crippen molar-refractivity contribution in [1.29, 1.82) is 0 Å². The lowest BCUT2D eigenvalue weighted by molar-refractivity contribution is -0.130. The molecular formula is C23H30N2O3S. The molecule has 0 unspecified atom stereocenters. The Morgan fingerprint density at radius 1 is 0.897 bits per heavy atom. The third kappa shape index (κ3) is 4.99. The highest BCUT2D eigenvalue weighted by atomic mass is 32.2. The molecule has 0 radical (unpaired) electrons. The van der Waals surface area contributed by atoms with E-state index in [2.05, 4.69) is 0 Å². The van der Waals surface area contributed by atoms with Gasteiger partial charge in [0.25, 0.3) is 10.0 Å². The summed E-state index contributed by atoms with van der Waals surface area (Å²) in [5.41, 5.74) is 2.52. The van der Waals surface area contributed by atoms with Crippen molar-refractivity contribution >= 4 is 21.6 Å². The summed E-state index contributed by atoms with van der Waals surface area (Å²) in [6, 6.07) is 14.2. The van der Waals surface area contributed by atoms with Gasteiger partial charge in [-0.05, 0) is 51.0 Å². The van der Waals surface area contributed by atoms with E-state index in [4.69, 9.17) is 0 Å². The normalized spacial score (nSPS) is 15.1. The van der Waals surface area contributed by atoms with Crippen molar-refractivity contribution in [2.24, 2.45) is 0 Å². The Morgan fingerprint density at radius 3 is 1.97 bits per heavy atom. The number of sulfonamides is 1. The standard InChI is InChI=1S/C23H30N2O3S/c1-18-9-13-21(14-10-18)25(29(27,28)22-15-11-19(2)12-16-22)17-23(26)24(3)20-7-5-4-6-8-20/h9-16,20H,4-8,17H2,1-3H3. The molecule has 2 aromatic rings. The van der Waals surface area contributed by atoms with Crippen molar-refractivity contribution in [2.75, 3.05) is 17.9 Å². The van der Waals surface area contributed by atoms with E-state index in [1.807, 2.05) is 26.0 Å². The smallest absolute Gasteiger partial charge is 0.264 e.